The second-order valence-corrected chi connectivity index (χ2v) is 7.43. The van der Waals surface area contributed by atoms with Gasteiger partial charge >= 0.3 is 12.0 Å². The molecule has 1 heterocycles. The Balaban J connectivity index is 2.05. The average Bonchev–Trinajstić information content (AvgIpc) is 2.81. The maximum Gasteiger partial charge on any atom is 0.338 e. The highest BCUT2D eigenvalue weighted by Gasteiger charge is 2.35. The van der Waals surface area contributed by atoms with Crippen molar-refractivity contribution in [3.63, 3.8) is 0 Å². The van der Waals surface area contributed by atoms with Gasteiger partial charge in [-0.25, -0.2) is 18.4 Å². The molecule has 3 amide bonds. The zero-order chi connectivity index (χ0) is 24.7. The van der Waals surface area contributed by atoms with Crippen molar-refractivity contribution in [2.24, 2.45) is 0 Å². The Morgan fingerprint density at radius 1 is 1.09 bits per heavy atom. The number of methoxy groups -OCH3 is 1. The van der Waals surface area contributed by atoms with Crippen LogP contribution in [0, 0.1) is 11.6 Å². The molecular weight excluding hydrogens is 448 g/mol. The molecule has 34 heavy (non-hydrogen) atoms. The van der Waals surface area contributed by atoms with E-state index in [9.17, 15) is 23.2 Å². The highest BCUT2D eigenvalue weighted by Crippen LogP contribution is 2.29. The Bertz CT molecular complexity index is 1110. The van der Waals surface area contributed by atoms with Crippen molar-refractivity contribution in [1.82, 2.24) is 15.5 Å². The molecule has 2 N–H and O–H groups in total. The Hall–Kier alpha value is -3.79. The van der Waals surface area contributed by atoms with Crippen LogP contribution < -0.4 is 10.6 Å². The average molecular weight is 473 g/mol. The Morgan fingerprint density at radius 3 is 2.44 bits per heavy atom. The summed E-state index contributed by atoms with van der Waals surface area (Å²) in [6.45, 7) is 1.74. The van der Waals surface area contributed by atoms with E-state index in [0.29, 0.717) is 5.56 Å². The van der Waals surface area contributed by atoms with Gasteiger partial charge in [0.2, 0.25) is 0 Å². The lowest BCUT2D eigenvalue weighted by atomic mass is 9.94. The Kier molecular flexibility index (Phi) is 8.31. The van der Waals surface area contributed by atoms with E-state index < -0.39 is 35.6 Å². The molecule has 0 unspecified atom stereocenters. The van der Waals surface area contributed by atoms with Crippen molar-refractivity contribution in [1.29, 1.82) is 0 Å². The molecule has 0 radical (unpaired) electrons. The Labute approximate surface area is 195 Å². The number of ether oxygens (including phenoxy) is 2. The number of carbonyl (C=O) groups is 3. The predicted molar refractivity (Wildman–Crippen MR) is 119 cm³/mol. The number of rotatable bonds is 9. The van der Waals surface area contributed by atoms with Gasteiger partial charge < -0.3 is 25.0 Å². The van der Waals surface area contributed by atoms with E-state index in [0.717, 1.165) is 6.07 Å². The molecule has 8 nitrogen and oxygen atoms in total. The molecule has 0 fully saturated rings. The standard InChI is InChI=1S/C24H25F2N3O5/c1-3-34-23(31)20-19(27-24(32)28-21(20)15-6-4-8-17(25)12-15)14-29(10-11-33-2)22(30)16-7-5-9-18(26)13-16/h4-9,12-13,21H,3,10-11,14H2,1-2H3,(H2,27,28,32)/t21-/m0/s1. The van der Waals surface area contributed by atoms with Crippen molar-refractivity contribution in [3.8, 4) is 0 Å². The number of nitrogens with zero attached hydrogens (tertiary/aromatic N) is 1. The van der Waals surface area contributed by atoms with Crippen LogP contribution in [0.5, 0.6) is 0 Å². The minimum Gasteiger partial charge on any atom is -0.463 e. The monoisotopic (exact) mass is 473 g/mol. The first-order valence-electron chi connectivity index (χ1n) is 10.6. The van der Waals surface area contributed by atoms with E-state index in [2.05, 4.69) is 10.6 Å². The molecule has 1 aliphatic rings. The maximum atomic E-state index is 13.9. The summed E-state index contributed by atoms with van der Waals surface area (Å²) in [6.07, 6.45) is 0. The van der Waals surface area contributed by atoms with Crippen LogP contribution in [0.1, 0.15) is 28.9 Å². The molecular formula is C24H25F2N3O5. The van der Waals surface area contributed by atoms with Gasteiger partial charge in [-0.3, -0.25) is 4.79 Å². The van der Waals surface area contributed by atoms with Crippen LogP contribution >= 0.6 is 0 Å². The van der Waals surface area contributed by atoms with Crippen molar-refractivity contribution in [2.75, 3.05) is 33.4 Å². The summed E-state index contributed by atoms with van der Waals surface area (Å²) in [5, 5.41) is 5.18. The number of hydrogen-bond acceptors (Lipinski definition) is 5. The van der Waals surface area contributed by atoms with E-state index in [4.69, 9.17) is 9.47 Å². The van der Waals surface area contributed by atoms with Crippen LogP contribution in [0.15, 0.2) is 59.8 Å². The molecule has 3 rings (SSSR count). The number of halogens is 2. The third-order valence-electron chi connectivity index (χ3n) is 5.10. The van der Waals surface area contributed by atoms with E-state index >= 15 is 0 Å². The molecule has 2 aromatic carbocycles. The van der Waals surface area contributed by atoms with Gasteiger partial charge in [0.1, 0.15) is 11.6 Å². The quantitative estimate of drug-likeness (QED) is 0.546. The molecule has 180 valence electrons. The summed E-state index contributed by atoms with van der Waals surface area (Å²) in [5.41, 5.74) is 0.561. The van der Waals surface area contributed by atoms with E-state index in [1.165, 1.54) is 48.4 Å². The van der Waals surface area contributed by atoms with Gasteiger partial charge in [0.15, 0.2) is 0 Å². The molecule has 0 bridgehead atoms. The largest absolute Gasteiger partial charge is 0.463 e. The number of hydrogen-bond donors (Lipinski definition) is 2. The van der Waals surface area contributed by atoms with Crippen LogP contribution in [0.2, 0.25) is 0 Å². The van der Waals surface area contributed by atoms with Crippen LogP contribution in [-0.2, 0) is 14.3 Å². The fourth-order valence-electron chi connectivity index (χ4n) is 3.58. The number of carbonyl (C=O) groups excluding carboxylic acids is 3. The minimum absolute atomic E-state index is 0.0292. The molecule has 1 aliphatic heterocycles. The number of nitrogens with one attached hydrogen (secondary N) is 2. The molecule has 2 aromatic rings. The first-order valence-corrected chi connectivity index (χ1v) is 10.6. The van der Waals surface area contributed by atoms with Gasteiger partial charge in [-0.05, 0) is 42.8 Å². The van der Waals surface area contributed by atoms with Crippen molar-refractivity contribution in [3.05, 3.63) is 82.6 Å². The summed E-state index contributed by atoms with van der Waals surface area (Å²) < 4.78 is 37.9. The van der Waals surface area contributed by atoms with E-state index in [1.54, 1.807) is 13.0 Å². The molecule has 10 heteroatoms. The molecule has 0 aromatic heterocycles. The number of benzene rings is 2. The zero-order valence-electron chi connectivity index (χ0n) is 18.8. The van der Waals surface area contributed by atoms with Crippen molar-refractivity contribution >= 4 is 17.9 Å². The van der Waals surface area contributed by atoms with Crippen LogP contribution in [0.25, 0.3) is 0 Å². The normalized spacial score (nSPS) is 15.4. The second-order valence-electron chi connectivity index (χ2n) is 7.43. The van der Waals surface area contributed by atoms with Crippen LogP contribution in [-0.4, -0.2) is 56.2 Å². The van der Waals surface area contributed by atoms with Crippen LogP contribution in [0.3, 0.4) is 0 Å². The number of esters is 1. The molecule has 0 spiro atoms. The van der Waals surface area contributed by atoms with Gasteiger partial charge in [-0.1, -0.05) is 18.2 Å². The van der Waals surface area contributed by atoms with Gasteiger partial charge in [-0.15, -0.1) is 0 Å². The third-order valence-corrected chi connectivity index (χ3v) is 5.10. The lowest BCUT2D eigenvalue weighted by Crippen LogP contribution is -2.49. The lowest BCUT2D eigenvalue weighted by Gasteiger charge is -2.32. The molecule has 0 aliphatic carbocycles. The molecule has 1 atom stereocenters. The van der Waals surface area contributed by atoms with Crippen molar-refractivity contribution < 1.29 is 32.6 Å². The molecule has 0 saturated carbocycles. The summed E-state index contributed by atoms with van der Waals surface area (Å²) in [7, 11) is 1.46. The highest BCUT2D eigenvalue weighted by molar-refractivity contribution is 5.97. The minimum atomic E-state index is -1.01. The van der Waals surface area contributed by atoms with E-state index in [1.807, 2.05) is 0 Å². The van der Waals surface area contributed by atoms with E-state index in [-0.39, 0.29) is 43.1 Å². The fraction of sp³-hybridized carbons (Fsp3) is 0.292. The maximum absolute atomic E-state index is 13.9. The summed E-state index contributed by atoms with van der Waals surface area (Å²) >= 11 is 0. The van der Waals surface area contributed by atoms with Gasteiger partial charge in [0, 0.05) is 19.2 Å². The highest BCUT2D eigenvalue weighted by atomic mass is 19.1. The van der Waals surface area contributed by atoms with Gasteiger partial charge in [0.05, 0.1) is 37.1 Å². The predicted octanol–water partition coefficient (Wildman–Crippen LogP) is 2.92. The third kappa shape index (κ3) is 5.96. The lowest BCUT2D eigenvalue weighted by molar-refractivity contribution is -0.139. The summed E-state index contributed by atoms with van der Waals surface area (Å²) in [6, 6.07) is 9.01. The first-order chi connectivity index (χ1) is 16.3. The van der Waals surface area contributed by atoms with Crippen LogP contribution in [0.4, 0.5) is 13.6 Å². The summed E-state index contributed by atoms with van der Waals surface area (Å²) in [4.78, 5) is 39.9. The Morgan fingerprint density at radius 2 is 1.79 bits per heavy atom. The van der Waals surface area contributed by atoms with Crippen molar-refractivity contribution in [2.45, 2.75) is 13.0 Å². The molecule has 0 saturated heterocycles. The smallest absolute Gasteiger partial charge is 0.338 e. The zero-order valence-corrected chi connectivity index (χ0v) is 18.8. The first kappa shape index (κ1) is 24.8. The SMILES string of the molecule is CCOC(=O)C1=C(CN(CCOC)C(=O)c2cccc(F)c2)NC(=O)N[C@H]1c1cccc(F)c1. The number of amides is 3. The topological polar surface area (TPSA) is 97.0 Å². The van der Waals surface area contributed by atoms with Gasteiger partial charge in [0.25, 0.3) is 5.91 Å². The number of urea groups is 1. The summed E-state index contributed by atoms with van der Waals surface area (Å²) in [5.74, 6) is -2.38. The van der Waals surface area contributed by atoms with Gasteiger partial charge in [-0.2, -0.15) is 0 Å². The fourth-order valence-corrected chi connectivity index (χ4v) is 3.58. The second kappa shape index (κ2) is 11.4.